The van der Waals surface area contributed by atoms with E-state index in [2.05, 4.69) is 10.0 Å². The smallest absolute Gasteiger partial charge is 0.242 e. The van der Waals surface area contributed by atoms with Gasteiger partial charge in [0.2, 0.25) is 10.0 Å². The molecule has 0 bridgehead atoms. The van der Waals surface area contributed by atoms with Gasteiger partial charge in [0.15, 0.2) is 0 Å². The van der Waals surface area contributed by atoms with E-state index in [1.807, 2.05) is 6.92 Å². The normalized spacial score (nSPS) is 12.9. The fourth-order valence-corrected chi connectivity index (χ4v) is 2.92. The molecule has 0 radical (unpaired) electrons. The zero-order valence-corrected chi connectivity index (χ0v) is 11.6. The second kappa shape index (κ2) is 6.61. The van der Waals surface area contributed by atoms with Crippen molar-refractivity contribution < 1.29 is 12.8 Å². The van der Waals surface area contributed by atoms with Crippen LogP contribution in [0.2, 0.25) is 0 Å². The summed E-state index contributed by atoms with van der Waals surface area (Å²) in [6.07, 6.45) is 0. The first-order valence-corrected chi connectivity index (χ1v) is 7.23. The first-order chi connectivity index (χ1) is 8.92. The van der Waals surface area contributed by atoms with Crippen molar-refractivity contribution in [2.45, 2.75) is 11.8 Å². The predicted molar refractivity (Wildman–Crippen MR) is 69.4 cm³/mol. The van der Waals surface area contributed by atoms with Gasteiger partial charge in [-0.1, -0.05) is 13.0 Å². The van der Waals surface area contributed by atoms with E-state index in [0.717, 1.165) is 6.07 Å². The van der Waals surface area contributed by atoms with Crippen LogP contribution in [0.1, 0.15) is 12.5 Å². The molecule has 1 atom stereocenters. The Morgan fingerprint density at radius 2 is 2.11 bits per heavy atom. The highest BCUT2D eigenvalue weighted by Gasteiger charge is 2.21. The Morgan fingerprint density at radius 3 is 2.68 bits per heavy atom. The lowest BCUT2D eigenvalue weighted by Gasteiger charge is -2.13. The SMILES string of the molecule is CNCC(C)CNS(=O)(=O)c1cccc(F)c1C#N. The molecule has 0 aliphatic heterocycles. The van der Waals surface area contributed by atoms with Gasteiger partial charge in [0.05, 0.1) is 0 Å². The lowest BCUT2D eigenvalue weighted by atomic mass is 10.2. The zero-order valence-electron chi connectivity index (χ0n) is 10.8. The monoisotopic (exact) mass is 285 g/mol. The number of rotatable bonds is 6. The minimum absolute atomic E-state index is 0.0823. The number of halogens is 1. The molecule has 0 aliphatic rings. The molecule has 7 heteroatoms. The molecule has 0 aromatic heterocycles. The molecule has 0 aliphatic carbocycles. The van der Waals surface area contributed by atoms with E-state index in [9.17, 15) is 12.8 Å². The molecule has 0 heterocycles. The molecule has 19 heavy (non-hydrogen) atoms. The lowest BCUT2D eigenvalue weighted by molar-refractivity contribution is 0.518. The van der Waals surface area contributed by atoms with E-state index in [0.29, 0.717) is 6.54 Å². The molecule has 5 nitrogen and oxygen atoms in total. The maximum atomic E-state index is 13.4. The summed E-state index contributed by atoms with van der Waals surface area (Å²) in [6.45, 7) is 2.73. The molecule has 1 rings (SSSR count). The summed E-state index contributed by atoms with van der Waals surface area (Å²) in [5.74, 6) is -0.757. The summed E-state index contributed by atoms with van der Waals surface area (Å²) >= 11 is 0. The minimum Gasteiger partial charge on any atom is -0.319 e. The Kier molecular flexibility index (Phi) is 5.42. The fraction of sp³-hybridized carbons (Fsp3) is 0.417. The standard InChI is InChI=1S/C12H16FN3O2S/c1-9(7-15-2)8-16-19(17,18)12-5-3-4-11(13)10(12)6-14/h3-5,9,15-16H,7-8H2,1-2H3. The Labute approximate surface area is 112 Å². The van der Waals surface area contributed by atoms with Crippen molar-refractivity contribution in [3.8, 4) is 6.07 Å². The average molecular weight is 285 g/mol. The van der Waals surface area contributed by atoms with E-state index in [1.54, 1.807) is 13.1 Å². The number of hydrogen-bond donors (Lipinski definition) is 2. The van der Waals surface area contributed by atoms with Gasteiger partial charge in [-0.05, 0) is 31.6 Å². The summed E-state index contributed by atoms with van der Waals surface area (Å²) in [4.78, 5) is -0.327. The first kappa shape index (κ1) is 15.6. The number of nitrogens with zero attached hydrogens (tertiary/aromatic N) is 1. The van der Waals surface area contributed by atoms with Crippen LogP contribution in [0.3, 0.4) is 0 Å². The number of benzene rings is 1. The highest BCUT2D eigenvalue weighted by molar-refractivity contribution is 7.89. The molecular weight excluding hydrogens is 269 g/mol. The number of nitriles is 1. The quantitative estimate of drug-likeness (QED) is 0.811. The topological polar surface area (TPSA) is 82.0 Å². The molecule has 0 spiro atoms. The molecule has 0 amide bonds. The molecule has 0 fully saturated rings. The molecule has 2 N–H and O–H groups in total. The van der Waals surface area contributed by atoms with Gasteiger partial charge in [0, 0.05) is 6.54 Å². The van der Waals surface area contributed by atoms with Gasteiger partial charge >= 0.3 is 0 Å². The Bertz CT molecular complexity index is 581. The Hall–Kier alpha value is -1.49. The van der Waals surface area contributed by atoms with Gasteiger partial charge in [-0.15, -0.1) is 0 Å². The number of hydrogen-bond acceptors (Lipinski definition) is 4. The van der Waals surface area contributed by atoms with Crippen LogP contribution in [-0.2, 0) is 10.0 Å². The third-order valence-electron chi connectivity index (χ3n) is 2.55. The highest BCUT2D eigenvalue weighted by Crippen LogP contribution is 2.17. The number of sulfonamides is 1. The first-order valence-electron chi connectivity index (χ1n) is 5.75. The van der Waals surface area contributed by atoms with E-state index in [-0.39, 0.29) is 17.4 Å². The molecular formula is C12H16FN3O2S. The second-order valence-corrected chi connectivity index (χ2v) is 5.97. The second-order valence-electron chi connectivity index (χ2n) is 4.24. The molecule has 104 valence electrons. The fourth-order valence-electron chi connectivity index (χ4n) is 1.59. The van der Waals surface area contributed by atoms with Gasteiger partial charge in [0.25, 0.3) is 0 Å². The van der Waals surface area contributed by atoms with Crippen molar-refractivity contribution in [3.05, 3.63) is 29.6 Å². The van der Waals surface area contributed by atoms with Crippen LogP contribution in [0, 0.1) is 23.1 Å². The Balaban J connectivity index is 2.96. The van der Waals surface area contributed by atoms with E-state index in [1.165, 1.54) is 12.1 Å². The van der Waals surface area contributed by atoms with Crippen LogP contribution in [0.25, 0.3) is 0 Å². The Morgan fingerprint density at radius 1 is 1.42 bits per heavy atom. The summed E-state index contributed by atoms with van der Waals surface area (Å²) < 4.78 is 39.8. The molecule has 0 saturated carbocycles. The van der Waals surface area contributed by atoms with Crippen molar-refractivity contribution in [1.29, 1.82) is 5.26 Å². The maximum absolute atomic E-state index is 13.4. The summed E-state index contributed by atoms with van der Waals surface area (Å²) in [7, 11) is -2.11. The van der Waals surface area contributed by atoms with Gasteiger partial charge in [-0.3, -0.25) is 0 Å². The van der Waals surface area contributed by atoms with Crippen molar-refractivity contribution in [1.82, 2.24) is 10.0 Å². The minimum atomic E-state index is -3.88. The lowest BCUT2D eigenvalue weighted by Crippen LogP contribution is -2.32. The zero-order chi connectivity index (χ0) is 14.5. The van der Waals surface area contributed by atoms with Crippen LogP contribution >= 0.6 is 0 Å². The van der Waals surface area contributed by atoms with Gasteiger partial charge < -0.3 is 5.32 Å². The maximum Gasteiger partial charge on any atom is 0.242 e. The van der Waals surface area contributed by atoms with Crippen LogP contribution in [0.4, 0.5) is 4.39 Å². The van der Waals surface area contributed by atoms with E-state index < -0.39 is 21.4 Å². The summed E-state index contributed by atoms with van der Waals surface area (Å²) in [6, 6.07) is 5.11. The van der Waals surface area contributed by atoms with Crippen LogP contribution < -0.4 is 10.0 Å². The van der Waals surface area contributed by atoms with E-state index in [4.69, 9.17) is 5.26 Å². The molecule has 1 aromatic carbocycles. The van der Waals surface area contributed by atoms with Gasteiger partial charge in [-0.25, -0.2) is 17.5 Å². The predicted octanol–water partition coefficient (Wildman–Crippen LogP) is 0.831. The third kappa shape index (κ3) is 3.99. The number of nitrogens with one attached hydrogen (secondary N) is 2. The van der Waals surface area contributed by atoms with Gasteiger partial charge in [0.1, 0.15) is 22.3 Å². The van der Waals surface area contributed by atoms with Crippen molar-refractivity contribution >= 4 is 10.0 Å². The molecule has 1 unspecified atom stereocenters. The highest BCUT2D eigenvalue weighted by atomic mass is 32.2. The average Bonchev–Trinajstić information content (AvgIpc) is 2.36. The van der Waals surface area contributed by atoms with Crippen molar-refractivity contribution in [2.75, 3.05) is 20.1 Å². The van der Waals surface area contributed by atoms with Crippen molar-refractivity contribution in [2.24, 2.45) is 5.92 Å². The van der Waals surface area contributed by atoms with Crippen LogP contribution in [0.15, 0.2) is 23.1 Å². The van der Waals surface area contributed by atoms with Crippen LogP contribution in [-0.4, -0.2) is 28.6 Å². The van der Waals surface area contributed by atoms with Crippen molar-refractivity contribution in [3.63, 3.8) is 0 Å². The largest absolute Gasteiger partial charge is 0.319 e. The summed E-state index contributed by atoms with van der Waals surface area (Å²) in [5, 5.41) is 11.8. The molecule has 0 saturated heterocycles. The van der Waals surface area contributed by atoms with Crippen LogP contribution in [0.5, 0.6) is 0 Å². The van der Waals surface area contributed by atoms with E-state index >= 15 is 0 Å². The summed E-state index contributed by atoms with van der Waals surface area (Å²) in [5.41, 5.74) is -0.462. The third-order valence-corrected chi connectivity index (χ3v) is 4.02. The van der Waals surface area contributed by atoms with Gasteiger partial charge in [-0.2, -0.15) is 5.26 Å². The molecule has 1 aromatic rings.